The van der Waals surface area contributed by atoms with E-state index >= 15 is 0 Å². The highest BCUT2D eigenvalue weighted by molar-refractivity contribution is 6.21. The number of H-pyrrole nitrogens is 1. The first-order valence-corrected chi connectivity index (χ1v) is 12.0. The van der Waals surface area contributed by atoms with Crippen molar-refractivity contribution in [3.05, 3.63) is 116 Å². The van der Waals surface area contributed by atoms with Crippen molar-refractivity contribution in [1.82, 2.24) is 14.5 Å². The zero-order valence-corrected chi connectivity index (χ0v) is 20.1. The summed E-state index contributed by atoms with van der Waals surface area (Å²) in [5, 5.41) is 0. The number of aromatic nitrogens is 2. The maximum Gasteiger partial charge on any atom is 0.328 e. The van der Waals surface area contributed by atoms with Gasteiger partial charge in [0.2, 0.25) is 0 Å². The van der Waals surface area contributed by atoms with Gasteiger partial charge >= 0.3 is 5.69 Å². The van der Waals surface area contributed by atoms with Crippen molar-refractivity contribution in [1.29, 1.82) is 0 Å². The standard InChI is InChI=1S/C29H27N3O4/c1-2-3-4-9-21-12-14-22(15-13-21)16-17-23-20-31(29(36)30-26(23)33)18-7-8-19-32-27(34)24-10-5-6-11-25(24)28(32)35/h5-8,10-15,20H,2-4,9,18-19H2,1H3,(H,30,33,36)/b8-7-. The largest absolute Gasteiger partial charge is 0.328 e. The normalized spacial score (nSPS) is 12.6. The highest BCUT2D eigenvalue weighted by Crippen LogP contribution is 2.22. The van der Waals surface area contributed by atoms with Gasteiger partial charge in [0, 0.05) is 24.8 Å². The predicted molar refractivity (Wildman–Crippen MR) is 138 cm³/mol. The lowest BCUT2D eigenvalue weighted by Gasteiger charge is -2.10. The van der Waals surface area contributed by atoms with E-state index in [4.69, 9.17) is 0 Å². The Morgan fingerprint density at radius 1 is 0.833 bits per heavy atom. The van der Waals surface area contributed by atoms with Gasteiger partial charge in [-0.2, -0.15) is 0 Å². The van der Waals surface area contributed by atoms with Gasteiger partial charge in [0.05, 0.1) is 11.1 Å². The molecule has 1 N–H and O–H groups in total. The summed E-state index contributed by atoms with van der Waals surface area (Å²) in [6.45, 7) is 2.42. The van der Waals surface area contributed by atoms with E-state index in [2.05, 4.69) is 23.7 Å². The average molecular weight is 482 g/mol. The fourth-order valence-electron chi connectivity index (χ4n) is 3.98. The smallest absolute Gasteiger partial charge is 0.296 e. The van der Waals surface area contributed by atoms with Crippen LogP contribution in [0.15, 0.2) is 76.5 Å². The number of nitrogens with zero attached hydrogens (tertiary/aromatic N) is 2. The minimum Gasteiger partial charge on any atom is -0.296 e. The zero-order valence-electron chi connectivity index (χ0n) is 20.1. The van der Waals surface area contributed by atoms with Crippen LogP contribution in [-0.2, 0) is 13.0 Å². The summed E-state index contributed by atoms with van der Waals surface area (Å²) in [6.07, 6.45) is 9.31. The van der Waals surface area contributed by atoms with Gasteiger partial charge in [-0.05, 0) is 42.7 Å². The minimum absolute atomic E-state index is 0.0888. The van der Waals surface area contributed by atoms with Crippen molar-refractivity contribution < 1.29 is 9.59 Å². The number of carbonyl (C=O) groups is 2. The van der Waals surface area contributed by atoms with Crippen molar-refractivity contribution in [3.8, 4) is 11.8 Å². The Hall–Kier alpha value is -4.44. The lowest BCUT2D eigenvalue weighted by Crippen LogP contribution is -2.31. The monoisotopic (exact) mass is 481 g/mol. The Bertz CT molecular complexity index is 1450. The number of hydrogen-bond donors (Lipinski definition) is 1. The molecular weight excluding hydrogens is 454 g/mol. The van der Waals surface area contributed by atoms with E-state index in [1.807, 2.05) is 24.3 Å². The number of rotatable bonds is 8. The molecule has 2 aromatic carbocycles. The Kier molecular flexibility index (Phi) is 7.76. The molecule has 2 amide bonds. The summed E-state index contributed by atoms with van der Waals surface area (Å²) >= 11 is 0. The number of unbranched alkanes of at least 4 members (excludes halogenated alkanes) is 2. The molecule has 182 valence electrons. The molecule has 7 nitrogen and oxygen atoms in total. The summed E-state index contributed by atoms with van der Waals surface area (Å²) < 4.78 is 1.32. The lowest BCUT2D eigenvalue weighted by molar-refractivity contribution is 0.0672. The molecule has 0 fully saturated rings. The molecule has 3 aromatic rings. The Morgan fingerprint density at radius 3 is 2.17 bits per heavy atom. The number of hydrogen-bond acceptors (Lipinski definition) is 4. The SMILES string of the molecule is CCCCCc1ccc(C#Cc2cn(C/C=C\CN3C(=O)c4ccccc4C3=O)c(=O)[nH]c2=O)cc1. The Labute approximate surface area is 209 Å². The van der Waals surface area contributed by atoms with Crippen LogP contribution in [0.2, 0.25) is 0 Å². The summed E-state index contributed by atoms with van der Waals surface area (Å²) in [5.74, 6) is 5.15. The number of imide groups is 1. The van der Waals surface area contributed by atoms with E-state index in [1.165, 1.54) is 29.2 Å². The van der Waals surface area contributed by atoms with Crippen molar-refractivity contribution in [2.75, 3.05) is 6.54 Å². The summed E-state index contributed by atoms with van der Waals surface area (Å²) in [4.78, 5) is 52.8. The number of fused-ring (bicyclic) bond motifs is 1. The van der Waals surface area contributed by atoms with Gasteiger partial charge in [-0.25, -0.2) is 4.79 Å². The maximum absolute atomic E-state index is 12.4. The second-order valence-electron chi connectivity index (χ2n) is 8.60. The van der Waals surface area contributed by atoms with Crippen LogP contribution in [-0.4, -0.2) is 32.8 Å². The van der Waals surface area contributed by atoms with Crippen LogP contribution in [0, 0.1) is 11.8 Å². The summed E-state index contributed by atoms with van der Waals surface area (Å²) in [5.41, 5.74) is 1.89. The van der Waals surface area contributed by atoms with E-state index < -0.39 is 11.2 Å². The van der Waals surface area contributed by atoms with E-state index in [0.29, 0.717) is 11.1 Å². The van der Waals surface area contributed by atoms with E-state index in [-0.39, 0.29) is 30.5 Å². The Morgan fingerprint density at radius 2 is 1.50 bits per heavy atom. The van der Waals surface area contributed by atoms with Crippen LogP contribution in [0.3, 0.4) is 0 Å². The molecule has 36 heavy (non-hydrogen) atoms. The van der Waals surface area contributed by atoms with E-state index in [1.54, 1.807) is 36.4 Å². The number of benzene rings is 2. The first-order valence-electron chi connectivity index (χ1n) is 12.0. The van der Waals surface area contributed by atoms with Crippen LogP contribution >= 0.6 is 0 Å². The van der Waals surface area contributed by atoms with Gasteiger partial charge in [-0.3, -0.25) is 28.8 Å². The van der Waals surface area contributed by atoms with E-state index in [0.717, 1.165) is 23.3 Å². The number of aryl methyl sites for hydroxylation is 1. The quantitative estimate of drug-likeness (QED) is 0.231. The number of carbonyl (C=O) groups excluding carboxylic acids is 2. The van der Waals surface area contributed by atoms with Gasteiger partial charge in [0.15, 0.2) is 0 Å². The third-order valence-electron chi connectivity index (χ3n) is 6.01. The molecule has 0 spiro atoms. The summed E-state index contributed by atoms with van der Waals surface area (Å²) in [7, 11) is 0. The average Bonchev–Trinajstić information content (AvgIpc) is 3.13. The van der Waals surface area contributed by atoms with Crippen molar-refractivity contribution >= 4 is 11.8 Å². The Balaban J connectivity index is 1.41. The summed E-state index contributed by atoms with van der Waals surface area (Å²) in [6, 6.07) is 14.6. The molecule has 1 aliphatic heterocycles. The number of allylic oxidation sites excluding steroid dienone is 1. The van der Waals surface area contributed by atoms with E-state index in [9.17, 15) is 19.2 Å². The molecule has 0 unspecified atom stereocenters. The number of aromatic amines is 1. The van der Waals surface area contributed by atoms with Crippen molar-refractivity contribution in [2.24, 2.45) is 0 Å². The maximum atomic E-state index is 12.4. The molecule has 4 rings (SSSR count). The van der Waals surface area contributed by atoms with Gasteiger partial charge in [0.25, 0.3) is 17.4 Å². The fraction of sp³-hybridized carbons (Fsp3) is 0.241. The number of amides is 2. The first-order chi connectivity index (χ1) is 17.5. The molecule has 7 heteroatoms. The van der Waals surface area contributed by atoms with Crippen LogP contribution in [0.25, 0.3) is 0 Å². The number of nitrogens with one attached hydrogen (secondary N) is 1. The predicted octanol–water partition coefficient (Wildman–Crippen LogP) is 3.52. The van der Waals surface area contributed by atoms with Crippen LogP contribution in [0.1, 0.15) is 63.6 Å². The molecule has 0 atom stereocenters. The van der Waals surface area contributed by atoms with Gasteiger partial charge in [-0.15, -0.1) is 0 Å². The fourth-order valence-corrected chi connectivity index (χ4v) is 3.98. The van der Waals surface area contributed by atoms with Crippen molar-refractivity contribution in [2.45, 2.75) is 39.2 Å². The molecule has 1 aliphatic rings. The highest BCUT2D eigenvalue weighted by atomic mass is 16.2. The lowest BCUT2D eigenvalue weighted by atomic mass is 10.1. The third-order valence-corrected chi connectivity index (χ3v) is 6.01. The second kappa shape index (κ2) is 11.3. The van der Waals surface area contributed by atoms with Crippen LogP contribution < -0.4 is 11.2 Å². The minimum atomic E-state index is -0.563. The second-order valence-corrected chi connectivity index (χ2v) is 8.60. The third kappa shape index (κ3) is 5.61. The molecule has 0 radical (unpaired) electrons. The molecular formula is C29H27N3O4. The van der Waals surface area contributed by atoms with Crippen LogP contribution in [0.4, 0.5) is 0 Å². The topological polar surface area (TPSA) is 92.2 Å². The molecule has 0 aliphatic carbocycles. The molecule has 0 saturated carbocycles. The molecule has 2 heterocycles. The molecule has 0 bridgehead atoms. The van der Waals surface area contributed by atoms with Crippen molar-refractivity contribution in [3.63, 3.8) is 0 Å². The van der Waals surface area contributed by atoms with Gasteiger partial charge < -0.3 is 0 Å². The molecule has 1 aromatic heterocycles. The van der Waals surface area contributed by atoms with Gasteiger partial charge in [0.1, 0.15) is 5.56 Å². The first kappa shape index (κ1) is 24.7. The zero-order chi connectivity index (χ0) is 25.5. The van der Waals surface area contributed by atoms with Gasteiger partial charge in [-0.1, -0.05) is 68.0 Å². The highest BCUT2D eigenvalue weighted by Gasteiger charge is 2.34. The van der Waals surface area contributed by atoms with Crippen LogP contribution in [0.5, 0.6) is 0 Å². The molecule has 0 saturated heterocycles.